The van der Waals surface area contributed by atoms with Crippen LogP contribution in [0.25, 0.3) is 0 Å². The quantitative estimate of drug-likeness (QED) is 0.635. The van der Waals surface area contributed by atoms with Crippen LogP contribution in [-0.2, 0) is 11.3 Å². The average Bonchev–Trinajstić information content (AvgIpc) is 2.83. The number of ether oxygens (including phenoxy) is 2. The zero-order chi connectivity index (χ0) is 24.0. The average molecular weight is 474 g/mol. The highest BCUT2D eigenvalue weighted by molar-refractivity contribution is 6.30. The predicted octanol–water partition coefficient (Wildman–Crippen LogP) is 3.46. The van der Waals surface area contributed by atoms with E-state index in [-0.39, 0.29) is 17.7 Å². The van der Waals surface area contributed by atoms with Crippen LogP contribution in [0.15, 0.2) is 42.5 Å². The summed E-state index contributed by atoms with van der Waals surface area (Å²) in [5.41, 5.74) is 1.58. The summed E-state index contributed by atoms with van der Waals surface area (Å²) in [6, 6.07) is 12.2. The first-order valence-electron chi connectivity index (χ1n) is 11.1. The number of carbonyl (C=O) groups is 2. The maximum atomic E-state index is 13.3. The van der Waals surface area contributed by atoms with E-state index in [1.807, 2.05) is 43.0 Å². The molecule has 7 nitrogen and oxygen atoms in total. The molecule has 0 bridgehead atoms. The lowest BCUT2D eigenvalue weighted by Crippen LogP contribution is -2.56. The van der Waals surface area contributed by atoms with Crippen LogP contribution in [0.1, 0.15) is 29.8 Å². The normalized spacial score (nSPS) is 15.3. The van der Waals surface area contributed by atoms with Gasteiger partial charge in [0.25, 0.3) is 5.91 Å². The van der Waals surface area contributed by atoms with Gasteiger partial charge in [0, 0.05) is 49.4 Å². The van der Waals surface area contributed by atoms with E-state index >= 15 is 0 Å². The first-order valence-corrected chi connectivity index (χ1v) is 11.5. The number of amides is 2. The summed E-state index contributed by atoms with van der Waals surface area (Å²) in [5.74, 6) is 0.591. The number of hydrogen-bond acceptors (Lipinski definition) is 5. The molecule has 1 aliphatic heterocycles. The highest BCUT2D eigenvalue weighted by Crippen LogP contribution is 2.23. The number of methoxy groups -OCH3 is 2. The Labute approximate surface area is 200 Å². The second kappa shape index (κ2) is 11.4. The fourth-order valence-electron chi connectivity index (χ4n) is 3.85. The van der Waals surface area contributed by atoms with Crippen molar-refractivity contribution < 1.29 is 19.1 Å². The Kier molecular flexibility index (Phi) is 8.58. The van der Waals surface area contributed by atoms with Crippen molar-refractivity contribution in [2.45, 2.75) is 26.4 Å². The van der Waals surface area contributed by atoms with Gasteiger partial charge < -0.3 is 19.7 Å². The number of carbonyl (C=O) groups excluding carboxylic acids is 2. The molecule has 0 aliphatic carbocycles. The molecule has 3 rings (SSSR count). The Morgan fingerprint density at radius 2 is 1.55 bits per heavy atom. The van der Waals surface area contributed by atoms with E-state index in [4.69, 9.17) is 21.1 Å². The number of rotatable bonds is 8. The molecule has 1 atom stereocenters. The molecule has 1 heterocycles. The van der Waals surface area contributed by atoms with E-state index in [1.165, 1.54) is 19.8 Å². The summed E-state index contributed by atoms with van der Waals surface area (Å²) in [5, 5.41) is 3.65. The van der Waals surface area contributed by atoms with Crippen molar-refractivity contribution >= 4 is 23.4 Å². The van der Waals surface area contributed by atoms with Crippen LogP contribution in [0.3, 0.4) is 0 Å². The van der Waals surface area contributed by atoms with E-state index < -0.39 is 6.04 Å². The first kappa shape index (κ1) is 24.9. The minimum Gasteiger partial charge on any atom is -0.497 e. The fraction of sp³-hybridized carbons (Fsp3) is 0.440. The highest BCUT2D eigenvalue weighted by Gasteiger charge is 2.31. The number of benzene rings is 2. The van der Waals surface area contributed by atoms with Gasteiger partial charge in [0.15, 0.2) is 0 Å². The standard InChI is InChI=1S/C25H32ClN3O4/c1-17(2)23(27-24(30)19-13-21(32-3)15-22(14-19)33-4)25(31)29-11-9-28(10-12-29)16-18-5-7-20(26)8-6-18/h5-8,13-15,17,23H,9-12,16H2,1-4H3,(H,27,30). The molecular formula is C25H32ClN3O4. The monoisotopic (exact) mass is 473 g/mol. The van der Waals surface area contributed by atoms with Crippen LogP contribution >= 0.6 is 11.6 Å². The third kappa shape index (κ3) is 6.62. The molecule has 1 N–H and O–H groups in total. The van der Waals surface area contributed by atoms with E-state index in [0.717, 1.165) is 24.7 Å². The minimum atomic E-state index is -0.613. The molecule has 2 aromatic rings. The topological polar surface area (TPSA) is 71.1 Å². The summed E-state index contributed by atoms with van der Waals surface area (Å²) in [7, 11) is 3.06. The Bertz CT molecular complexity index is 934. The van der Waals surface area contributed by atoms with E-state index in [9.17, 15) is 9.59 Å². The summed E-state index contributed by atoms with van der Waals surface area (Å²) in [6.07, 6.45) is 0. The van der Waals surface area contributed by atoms with Crippen molar-refractivity contribution in [3.8, 4) is 11.5 Å². The van der Waals surface area contributed by atoms with Gasteiger partial charge in [0.2, 0.25) is 5.91 Å². The Hall–Kier alpha value is -2.77. The summed E-state index contributed by atoms with van der Waals surface area (Å²) < 4.78 is 10.5. The minimum absolute atomic E-state index is 0.0546. The van der Waals surface area contributed by atoms with Crippen molar-refractivity contribution in [3.05, 3.63) is 58.6 Å². The zero-order valence-corrected chi connectivity index (χ0v) is 20.4. The van der Waals surface area contributed by atoms with Crippen LogP contribution in [0, 0.1) is 5.92 Å². The molecule has 2 amide bonds. The van der Waals surface area contributed by atoms with Crippen LogP contribution < -0.4 is 14.8 Å². The van der Waals surface area contributed by atoms with Crippen LogP contribution in [0.2, 0.25) is 5.02 Å². The molecule has 33 heavy (non-hydrogen) atoms. The SMILES string of the molecule is COc1cc(OC)cc(C(=O)NC(C(=O)N2CCN(Cc3ccc(Cl)cc3)CC2)C(C)C)c1. The highest BCUT2D eigenvalue weighted by atomic mass is 35.5. The van der Waals surface area contributed by atoms with Crippen LogP contribution in [0.5, 0.6) is 11.5 Å². The second-order valence-corrected chi connectivity index (χ2v) is 8.96. The molecule has 0 saturated carbocycles. The van der Waals surface area contributed by atoms with Crippen molar-refractivity contribution in [2.24, 2.45) is 5.92 Å². The summed E-state index contributed by atoms with van der Waals surface area (Å²) >= 11 is 5.97. The number of nitrogens with zero attached hydrogens (tertiary/aromatic N) is 2. The van der Waals surface area contributed by atoms with E-state index in [0.29, 0.717) is 30.2 Å². The maximum Gasteiger partial charge on any atom is 0.252 e. The van der Waals surface area contributed by atoms with Gasteiger partial charge >= 0.3 is 0 Å². The smallest absolute Gasteiger partial charge is 0.252 e. The van der Waals surface area contributed by atoms with Crippen molar-refractivity contribution in [3.63, 3.8) is 0 Å². The molecule has 8 heteroatoms. The first-order chi connectivity index (χ1) is 15.8. The number of piperazine rings is 1. The Morgan fingerprint density at radius 1 is 0.970 bits per heavy atom. The van der Waals surface area contributed by atoms with Gasteiger partial charge in [0.1, 0.15) is 17.5 Å². The van der Waals surface area contributed by atoms with Gasteiger partial charge in [-0.1, -0.05) is 37.6 Å². The third-order valence-electron chi connectivity index (χ3n) is 5.84. The van der Waals surface area contributed by atoms with Gasteiger partial charge in [-0.25, -0.2) is 0 Å². The molecule has 1 saturated heterocycles. The largest absolute Gasteiger partial charge is 0.497 e. The van der Waals surface area contributed by atoms with E-state index in [2.05, 4.69) is 10.2 Å². The van der Waals surface area contributed by atoms with Gasteiger partial charge in [0.05, 0.1) is 14.2 Å². The molecule has 2 aromatic carbocycles. The molecular weight excluding hydrogens is 442 g/mol. The molecule has 1 fully saturated rings. The predicted molar refractivity (Wildman–Crippen MR) is 129 cm³/mol. The fourth-order valence-corrected chi connectivity index (χ4v) is 3.97. The Balaban J connectivity index is 1.61. The van der Waals surface area contributed by atoms with Gasteiger partial charge in [-0.15, -0.1) is 0 Å². The molecule has 0 spiro atoms. The lowest BCUT2D eigenvalue weighted by atomic mass is 10.0. The summed E-state index contributed by atoms with van der Waals surface area (Å²) in [4.78, 5) is 30.4. The molecule has 0 aromatic heterocycles. The van der Waals surface area contributed by atoms with Crippen LogP contribution in [-0.4, -0.2) is 68.1 Å². The molecule has 1 unspecified atom stereocenters. The van der Waals surface area contributed by atoms with Crippen molar-refractivity contribution in [1.82, 2.24) is 15.1 Å². The number of nitrogens with one attached hydrogen (secondary N) is 1. The zero-order valence-electron chi connectivity index (χ0n) is 19.6. The third-order valence-corrected chi connectivity index (χ3v) is 6.09. The maximum absolute atomic E-state index is 13.3. The second-order valence-electron chi connectivity index (χ2n) is 8.52. The van der Waals surface area contributed by atoms with Gasteiger partial charge in [-0.05, 0) is 35.7 Å². The van der Waals surface area contributed by atoms with Crippen molar-refractivity contribution in [1.29, 1.82) is 0 Å². The number of hydrogen-bond donors (Lipinski definition) is 1. The molecule has 1 aliphatic rings. The Morgan fingerprint density at radius 3 is 2.06 bits per heavy atom. The van der Waals surface area contributed by atoms with Crippen LogP contribution in [0.4, 0.5) is 0 Å². The van der Waals surface area contributed by atoms with Gasteiger partial charge in [-0.2, -0.15) is 0 Å². The lowest BCUT2D eigenvalue weighted by molar-refractivity contribution is -0.136. The van der Waals surface area contributed by atoms with Gasteiger partial charge in [-0.3, -0.25) is 14.5 Å². The summed E-state index contributed by atoms with van der Waals surface area (Å²) in [6.45, 7) is 7.50. The van der Waals surface area contributed by atoms with Crippen molar-refractivity contribution in [2.75, 3.05) is 40.4 Å². The number of halogens is 1. The molecule has 0 radical (unpaired) electrons. The lowest BCUT2D eigenvalue weighted by Gasteiger charge is -2.37. The van der Waals surface area contributed by atoms with E-state index in [1.54, 1.807) is 18.2 Å². The molecule has 178 valence electrons.